The normalized spacial score (nSPS) is 24.7. The average molecular weight is 346 g/mol. The molecule has 3 atom stereocenters. The Bertz CT molecular complexity index is 787. The summed E-state index contributed by atoms with van der Waals surface area (Å²) in [5.74, 6) is 1.74. The van der Waals surface area contributed by atoms with Gasteiger partial charge in [0, 0.05) is 21.7 Å². The molecule has 2 aliphatic rings. The van der Waals surface area contributed by atoms with Gasteiger partial charge >= 0.3 is 0 Å². The minimum atomic E-state index is 0.181. The van der Waals surface area contributed by atoms with Crippen LogP contribution in [0.4, 0.5) is 5.69 Å². The average Bonchev–Trinajstić information content (AvgIpc) is 3.04. The van der Waals surface area contributed by atoms with Crippen molar-refractivity contribution < 1.29 is 4.74 Å². The van der Waals surface area contributed by atoms with Crippen LogP contribution in [0.5, 0.6) is 5.75 Å². The second-order valence-corrected chi connectivity index (χ2v) is 6.94. The smallest absolute Gasteiger partial charge is 0.119 e. The Balaban J connectivity index is 1.79. The summed E-state index contributed by atoms with van der Waals surface area (Å²) in [5.41, 5.74) is 3.55. The summed E-state index contributed by atoms with van der Waals surface area (Å²) in [5, 5.41) is 5.06. The van der Waals surface area contributed by atoms with Crippen molar-refractivity contribution in [3.05, 3.63) is 69.7 Å². The first-order valence-electron chi connectivity index (χ1n) is 7.73. The van der Waals surface area contributed by atoms with Gasteiger partial charge in [0.25, 0.3) is 0 Å². The fraction of sp³-hybridized carbons (Fsp3) is 0.263. The molecule has 1 N–H and O–H groups in total. The van der Waals surface area contributed by atoms with E-state index >= 15 is 0 Å². The van der Waals surface area contributed by atoms with Crippen LogP contribution in [-0.4, -0.2) is 7.11 Å². The maximum absolute atomic E-state index is 6.46. The van der Waals surface area contributed by atoms with E-state index < -0.39 is 0 Å². The second kappa shape index (κ2) is 5.77. The highest BCUT2D eigenvalue weighted by molar-refractivity contribution is 6.35. The van der Waals surface area contributed by atoms with Crippen molar-refractivity contribution in [3.63, 3.8) is 0 Å². The molecule has 2 aromatic rings. The number of halogens is 2. The van der Waals surface area contributed by atoms with Gasteiger partial charge in [-0.15, -0.1) is 0 Å². The number of methoxy groups -OCH3 is 1. The Morgan fingerprint density at radius 3 is 2.74 bits per heavy atom. The molecule has 1 aliphatic heterocycles. The first-order chi connectivity index (χ1) is 11.2. The summed E-state index contributed by atoms with van der Waals surface area (Å²) in [6.07, 6.45) is 5.61. The van der Waals surface area contributed by atoms with Gasteiger partial charge in [-0.2, -0.15) is 0 Å². The van der Waals surface area contributed by atoms with Gasteiger partial charge in [0.2, 0.25) is 0 Å². The van der Waals surface area contributed by atoms with E-state index in [1.165, 1.54) is 5.56 Å². The minimum absolute atomic E-state index is 0.181. The van der Waals surface area contributed by atoms with Crippen LogP contribution in [0.2, 0.25) is 10.0 Å². The van der Waals surface area contributed by atoms with E-state index in [1.807, 2.05) is 24.3 Å². The Kier molecular flexibility index (Phi) is 3.74. The van der Waals surface area contributed by atoms with Gasteiger partial charge in [0.1, 0.15) is 5.75 Å². The molecule has 23 heavy (non-hydrogen) atoms. The van der Waals surface area contributed by atoms with Crippen LogP contribution >= 0.6 is 23.2 Å². The summed E-state index contributed by atoms with van der Waals surface area (Å²) in [6, 6.07) is 12.2. The molecular weight excluding hydrogens is 329 g/mol. The van der Waals surface area contributed by atoms with Crippen LogP contribution in [0.25, 0.3) is 0 Å². The third kappa shape index (κ3) is 2.50. The Hall–Kier alpha value is -1.64. The van der Waals surface area contributed by atoms with Crippen molar-refractivity contribution in [1.82, 2.24) is 0 Å². The summed E-state index contributed by atoms with van der Waals surface area (Å²) in [7, 11) is 1.70. The molecule has 1 aliphatic carbocycles. The van der Waals surface area contributed by atoms with Crippen LogP contribution in [-0.2, 0) is 0 Å². The van der Waals surface area contributed by atoms with Gasteiger partial charge in [-0.05, 0) is 53.8 Å². The van der Waals surface area contributed by atoms with E-state index in [9.17, 15) is 0 Å². The maximum Gasteiger partial charge on any atom is 0.119 e. The number of rotatable bonds is 2. The van der Waals surface area contributed by atoms with Crippen molar-refractivity contribution in [1.29, 1.82) is 0 Å². The summed E-state index contributed by atoms with van der Waals surface area (Å²) >= 11 is 12.5. The van der Waals surface area contributed by atoms with Crippen molar-refractivity contribution in [3.8, 4) is 5.75 Å². The number of fused-ring (bicyclic) bond motifs is 3. The summed E-state index contributed by atoms with van der Waals surface area (Å²) in [4.78, 5) is 0. The van der Waals surface area contributed by atoms with Crippen LogP contribution in [0.15, 0.2) is 48.6 Å². The lowest BCUT2D eigenvalue weighted by atomic mass is 9.77. The van der Waals surface area contributed by atoms with E-state index in [4.69, 9.17) is 27.9 Å². The lowest BCUT2D eigenvalue weighted by Gasteiger charge is -2.38. The molecule has 0 unspecified atom stereocenters. The zero-order valence-corrected chi connectivity index (χ0v) is 14.2. The number of hydrogen-bond donors (Lipinski definition) is 1. The number of allylic oxidation sites excluding steroid dienone is 2. The van der Waals surface area contributed by atoms with Crippen LogP contribution in [0.3, 0.4) is 0 Å². The summed E-state index contributed by atoms with van der Waals surface area (Å²) in [6.45, 7) is 0. The lowest BCUT2D eigenvalue weighted by molar-refractivity contribution is 0.405. The van der Waals surface area contributed by atoms with Gasteiger partial charge in [0.15, 0.2) is 0 Å². The molecule has 0 bridgehead atoms. The zero-order chi connectivity index (χ0) is 16.0. The number of hydrogen-bond acceptors (Lipinski definition) is 2. The molecule has 0 amide bonds. The lowest BCUT2D eigenvalue weighted by Crippen LogP contribution is -2.29. The third-order valence-electron chi connectivity index (χ3n) is 4.87. The molecule has 2 nitrogen and oxygen atoms in total. The first kappa shape index (κ1) is 14.9. The molecule has 0 saturated carbocycles. The fourth-order valence-electron chi connectivity index (χ4n) is 3.76. The minimum Gasteiger partial charge on any atom is -0.497 e. The van der Waals surface area contributed by atoms with E-state index in [1.54, 1.807) is 7.11 Å². The molecule has 0 spiro atoms. The molecule has 0 saturated heterocycles. The SMILES string of the molecule is COc1ccc2c(c1)[C@@H]1C=CC[C@H]1[C@@H](c1ccc(Cl)cc1Cl)N2. The Morgan fingerprint density at radius 1 is 1.09 bits per heavy atom. The van der Waals surface area contributed by atoms with Crippen LogP contribution < -0.4 is 10.1 Å². The topological polar surface area (TPSA) is 21.3 Å². The Labute approximate surface area is 146 Å². The summed E-state index contributed by atoms with van der Waals surface area (Å²) < 4.78 is 5.38. The molecule has 1 heterocycles. The quantitative estimate of drug-likeness (QED) is 0.691. The third-order valence-corrected chi connectivity index (χ3v) is 5.43. The molecule has 0 aromatic heterocycles. The van der Waals surface area contributed by atoms with E-state index in [-0.39, 0.29) is 6.04 Å². The van der Waals surface area contributed by atoms with Crippen molar-refractivity contribution in [2.45, 2.75) is 18.4 Å². The Morgan fingerprint density at radius 2 is 1.96 bits per heavy atom. The molecule has 2 aromatic carbocycles. The van der Waals surface area contributed by atoms with Crippen LogP contribution in [0, 0.1) is 5.92 Å². The highest BCUT2D eigenvalue weighted by Gasteiger charge is 2.38. The monoisotopic (exact) mass is 345 g/mol. The van der Waals surface area contributed by atoms with Crippen molar-refractivity contribution in [2.24, 2.45) is 5.92 Å². The highest BCUT2D eigenvalue weighted by Crippen LogP contribution is 2.51. The maximum atomic E-state index is 6.46. The molecule has 118 valence electrons. The first-order valence-corrected chi connectivity index (χ1v) is 8.49. The van der Waals surface area contributed by atoms with Gasteiger partial charge in [-0.1, -0.05) is 41.4 Å². The highest BCUT2D eigenvalue weighted by atomic mass is 35.5. The number of ether oxygens (including phenoxy) is 1. The zero-order valence-electron chi connectivity index (χ0n) is 12.7. The molecule has 0 fully saturated rings. The predicted octanol–water partition coefficient (Wildman–Crippen LogP) is 5.83. The molecule has 0 radical (unpaired) electrons. The standard InChI is InChI=1S/C19H17Cl2NO/c1-23-12-6-8-18-16(10-12)13-3-2-4-14(13)19(22-18)15-7-5-11(20)9-17(15)21/h2-3,5-10,13-14,19,22H,4H2,1H3/t13-,14-,19+/m1/s1. The van der Waals surface area contributed by atoms with Gasteiger partial charge in [-0.3, -0.25) is 0 Å². The van der Waals surface area contributed by atoms with E-state index in [0.717, 1.165) is 28.4 Å². The van der Waals surface area contributed by atoms with Crippen molar-refractivity contribution in [2.75, 3.05) is 12.4 Å². The number of benzene rings is 2. The number of nitrogens with one attached hydrogen (secondary N) is 1. The predicted molar refractivity (Wildman–Crippen MR) is 95.8 cm³/mol. The number of anilines is 1. The van der Waals surface area contributed by atoms with Crippen LogP contribution in [0.1, 0.15) is 29.5 Å². The second-order valence-electron chi connectivity index (χ2n) is 6.09. The fourth-order valence-corrected chi connectivity index (χ4v) is 4.29. The van der Waals surface area contributed by atoms with E-state index in [0.29, 0.717) is 16.9 Å². The van der Waals surface area contributed by atoms with Gasteiger partial charge in [0.05, 0.1) is 13.2 Å². The molecule has 4 heteroatoms. The molecule has 4 rings (SSSR count). The van der Waals surface area contributed by atoms with Gasteiger partial charge < -0.3 is 10.1 Å². The van der Waals surface area contributed by atoms with E-state index in [2.05, 4.69) is 29.6 Å². The van der Waals surface area contributed by atoms with Crippen molar-refractivity contribution >= 4 is 28.9 Å². The van der Waals surface area contributed by atoms with Gasteiger partial charge in [-0.25, -0.2) is 0 Å². The largest absolute Gasteiger partial charge is 0.497 e. The molecular formula is C19H17Cl2NO.